The van der Waals surface area contributed by atoms with Crippen molar-refractivity contribution in [3.8, 4) is 21.7 Å². The fourth-order valence-corrected chi connectivity index (χ4v) is 5.27. The number of likely N-dealkylation sites (tertiary alicyclic amines) is 1. The van der Waals surface area contributed by atoms with Crippen molar-refractivity contribution in [1.29, 1.82) is 0 Å². The van der Waals surface area contributed by atoms with E-state index in [1.165, 1.54) is 43.3 Å². The summed E-state index contributed by atoms with van der Waals surface area (Å²) in [6.45, 7) is 3.40. The average molecular weight is 426 g/mol. The number of piperidine rings is 1. The third-order valence-corrected chi connectivity index (χ3v) is 7.03. The van der Waals surface area contributed by atoms with E-state index >= 15 is 0 Å². The van der Waals surface area contributed by atoms with Gasteiger partial charge in [-0.3, -0.25) is 9.88 Å². The molecule has 0 aliphatic carbocycles. The summed E-state index contributed by atoms with van der Waals surface area (Å²) in [5, 5.41) is 1.14. The third-order valence-electron chi connectivity index (χ3n) is 5.55. The number of pyridine rings is 1. The maximum atomic E-state index is 14.0. The van der Waals surface area contributed by atoms with Crippen LogP contribution < -0.4 is 0 Å². The van der Waals surface area contributed by atoms with E-state index in [1.54, 1.807) is 17.4 Å². The SMILES string of the molecule is Fc1cccc(-c2c[nH]c3cnc(-c4ccc(CN5CCCCC5)s4)cc23)c1Cl. The van der Waals surface area contributed by atoms with Crippen molar-refractivity contribution in [2.24, 2.45) is 0 Å². The van der Waals surface area contributed by atoms with E-state index in [1.807, 2.05) is 18.5 Å². The third kappa shape index (κ3) is 3.70. The fourth-order valence-electron chi connectivity index (χ4n) is 4.03. The second kappa shape index (κ2) is 7.90. The molecule has 1 N–H and O–H groups in total. The minimum Gasteiger partial charge on any atom is -0.359 e. The number of hydrogen-bond acceptors (Lipinski definition) is 3. The van der Waals surface area contributed by atoms with E-state index in [2.05, 4.69) is 33.1 Å². The van der Waals surface area contributed by atoms with Crippen LogP contribution in [-0.2, 0) is 6.54 Å². The van der Waals surface area contributed by atoms with Gasteiger partial charge < -0.3 is 4.98 Å². The maximum absolute atomic E-state index is 14.0. The highest BCUT2D eigenvalue weighted by Crippen LogP contribution is 2.37. The molecule has 3 nitrogen and oxygen atoms in total. The quantitative estimate of drug-likeness (QED) is 0.392. The van der Waals surface area contributed by atoms with Gasteiger partial charge in [-0.1, -0.05) is 30.2 Å². The molecule has 1 aromatic carbocycles. The second-order valence-electron chi connectivity index (χ2n) is 7.52. The van der Waals surface area contributed by atoms with E-state index < -0.39 is 5.82 Å². The lowest BCUT2D eigenvalue weighted by Gasteiger charge is -2.25. The summed E-state index contributed by atoms with van der Waals surface area (Å²) in [6, 6.07) is 11.3. The van der Waals surface area contributed by atoms with Crippen LogP contribution in [0.25, 0.3) is 32.6 Å². The lowest BCUT2D eigenvalue weighted by atomic mass is 10.0. The Kier molecular flexibility index (Phi) is 5.12. The first-order chi connectivity index (χ1) is 14.2. The molecule has 0 saturated carbocycles. The minimum absolute atomic E-state index is 0.145. The van der Waals surface area contributed by atoms with Crippen molar-refractivity contribution in [3.05, 3.63) is 64.5 Å². The van der Waals surface area contributed by atoms with Crippen LogP contribution >= 0.6 is 22.9 Å². The summed E-state index contributed by atoms with van der Waals surface area (Å²) in [5.74, 6) is -0.409. The molecule has 0 spiro atoms. The van der Waals surface area contributed by atoms with Crippen LogP contribution in [0, 0.1) is 5.82 Å². The molecule has 0 amide bonds. The van der Waals surface area contributed by atoms with Crippen molar-refractivity contribution in [2.45, 2.75) is 25.8 Å². The van der Waals surface area contributed by atoms with Crippen LogP contribution in [0.5, 0.6) is 0 Å². The zero-order valence-corrected chi connectivity index (χ0v) is 17.5. The van der Waals surface area contributed by atoms with Crippen molar-refractivity contribution in [1.82, 2.24) is 14.9 Å². The molecule has 0 radical (unpaired) electrons. The van der Waals surface area contributed by atoms with E-state index in [0.717, 1.165) is 33.6 Å². The Hall–Kier alpha value is -2.21. The van der Waals surface area contributed by atoms with Crippen LogP contribution in [0.15, 0.2) is 48.8 Å². The van der Waals surface area contributed by atoms with Crippen LogP contribution in [-0.4, -0.2) is 28.0 Å². The highest BCUT2D eigenvalue weighted by molar-refractivity contribution is 7.15. The van der Waals surface area contributed by atoms with Gasteiger partial charge in [0.25, 0.3) is 0 Å². The van der Waals surface area contributed by atoms with Gasteiger partial charge in [0.1, 0.15) is 5.82 Å². The van der Waals surface area contributed by atoms with Gasteiger partial charge in [0.15, 0.2) is 0 Å². The summed E-state index contributed by atoms with van der Waals surface area (Å²) < 4.78 is 14.0. The molecule has 3 aromatic heterocycles. The van der Waals surface area contributed by atoms with Gasteiger partial charge in [-0.15, -0.1) is 11.3 Å². The molecule has 1 aliphatic rings. The highest BCUT2D eigenvalue weighted by atomic mass is 35.5. The first kappa shape index (κ1) is 18.8. The Morgan fingerprint density at radius 1 is 1.10 bits per heavy atom. The lowest BCUT2D eigenvalue weighted by Crippen LogP contribution is -2.28. The number of nitrogens with one attached hydrogen (secondary N) is 1. The first-order valence-corrected chi connectivity index (χ1v) is 11.1. The molecule has 6 heteroatoms. The number of H-pyrrole nitrogens is 1. The van der Waals surface area contributed by atoms with E-state index in [-0.39, 0.29) is 5.02 Å². The predicted molar refractivity (Wildman–Crippen MR) is 119 cm³/mol. The van der Waals surface area contributed by atoms with Crippen LogP contribution in [0.1, 0.15) is 24.1 Å². The Bertz CT molecular complexity index is 1160. The smallest absolute Gasteiger partial charge is 0.142 e. The standard InChI is InChI=1S/C23H21ClFN3S/c24-23-16(5-4-6-19(23)25)18-12-26-21-13-27-20(11-17(18)21)22-8-7-15(29-22)14-28-9-2-1-3-10-28/h4-8,11-13,26H,1-3,9-10,14H2. The van der Waals surface area contributed by atoms with Gasteiger partial charge in [0, 0.05) is 34.1 Å². The van der Waals surface area contributed by atoms with Crippen molar-refractivity contribution < 1.29 is 4.39 Å². The van der Waals surface area contributed by atoms with E-state index in [4.69, 9.17) is 11.6 Å². The molecule has 0 bridgehead atoms. The van der Waals surface area contributed by atoms with Gasteiger partial charge >= 0.3 is 0 Å². The van der Waals surface area contributed by atoms with Crippen molar-refractivity contribution in [3.63, 3.8) is 0 Å². The molecule has 4 aromatic rings. The first-order valence-electron chi connectivity index (χ1n) is 9.92. The molecular weight excluding hydrogens is 405 g/mol. The number of benzene rings is 1. The minimum atomic E-state index is -0.409. The summed E-state index contributed by atoms with van der Waals surface area (Å²) in [4.78, 5) is 12.9. The van der Waals surface area contributed by atoms with Crippen LogP contribution in [0.2, 0.25) is 5.02 Å². The number of thiophene rings is 1. The predicted octanol–water partition coefficient (Wildman–Crippen LogP) is 6.74. The fraction of sp³-hybridized carbons (Fsp3) is 0.261. The zero-order valence-electron chi connectivity index (χ0n) is 15.9. The largest absolute Gasteiger partial charge is 0.359 e. The van der Waals surface area contributed by atoms with E-state index in [0.29, 0.717) is 5.56 Å². The molecule has 0 unspecified atom stereocenters. The van der Waals surface area contributed by atoms with E-state index in [9.17, 15) is 4.39 Å². The molecule has 1 fully saturated rings. The van der Waals surface area contributed by atoms with Gasteiger partial charge in [-0.2, -0.15) is 0 Å². The van der Waals surface area contributed by atoms with Gasteiger partial charge in [-0.25, -0.2) is 4.39 Å². The Morgan fingerprint density at radius 3 is 2.83 bits per heavy atom. The van der Waals surface area contributed by atoms with Gasteiger partial charge in [0.2, 0.25) is 0 Å². The highest BCUT2D eigenvalue weighted by Gasteiger charge is 2.15. The number of aromatic amines is 1. The molecule has 4 heterocycles. The molecule has 0 atom stereocenters. The van der Waals surface area contributed by atoms with Crippen molar-refractivity contribution in [2.75, 3.05) is 13.1 Å². The zero-order chi connectivity index (χ0) is 19.8. The molecule has 29 heavy (non-hydrogen) atoms. The van der Waals surface area contributed by atoms with Crippen LogP contribution in [0.4, 0.5) is 4.39 Å². The molecule has 5 rings (SSSR count). The summed E-state index contributed by atoms with van der Waals surface area (Å²) in [5.41, 5.74) is 3.42. The number of nitrogens with zero attached hydrogens (tertiary/aromatic N) is 2. The summed E-state index contributed by atoms with van der Waals surface area (Å²) in [7, 11) is 0. The van der Waals surface area contributed by atoms with Gasteiger partial charge in [0.05, 0.1) is 27.3 Å². The second-order valence-corrected chi connectivity index (χ2v) is 9.07. The topological polar surface area (TPSA) is 31.9 Å². The normalized spacial score (nSPS) is 15.2. The number of rotatable bonds is 4. The molecule has 1 saturated heterocycles. The number of aromatic nitrogens is 2. The molecular formula is C23H21ClFN3S. The molecule has 1 aliphatic heterocycles. The maximum Gasteiger partial charge on any atom is 0.142 e. The van der Waals surface area contributed by atoms with Gasteiger partial charge in [-0.05, 0) is 50.2 Å². The Morgan fingerprint density at radius 2 is 1.97 bits per heavy atom. The number of halogens is 2. The number of fused-ring (bicyclic) bond motifs is 1. The Labute approximate surface area is 178 Å². The monoisotopic (exact) mass is 425 g/mol. The average Bonchev–Trinajstić information content (AvgIpc) is 3.37. The lowest BCUT2D eigenvalue weighted by molar-refractivity contribution is 0.222. The Balaban J connectivity index is 1.48. The number of hydrogen-bond donors (Lipinski definition) is 1. The van der Waals surface area contributed by atoms with Crippen LogP contribution in [0.3, 0.4) is 0 Å². The molecule has 148 valence electrons. The van der Waals surface area contributed by atoms with Crippen molar-refractivity contribution >= 4 is 33.8 Å². The summed E-state index contributed by atoms with van der Waals surface area (Å²) >= 11 is 8.03. The summed E-state index contributed by atoms with van der Waals surface area (Å²) in [6.07, 6.45) is 7.66.